The molecular formula is C20H24N2O3. The van der Waals surface area contributed by atoms with Gasteiger partial charge < -0.3 is 15.4 Å². The number of methoxy groups -OCH3 is 1. The summed E-state index contributed by atoms with van der Waals surface area (Å²) in [6, 6.07) is 17.0. The van der Waals surface area contributed by atoms with Crippen molar-refractivity contribution in [3.8, 4) is 0 Å². The zero-order valence-corrected chi connectivity index (χ0v) is 14.8. The smallest absolute Gasteiger partial charge is 0.313 e. The molecule has 0 aliphatic carbocycles. The van der Waals surface area contributed by atoms with Gasteiger partial charge in [-0.25, -0.2) is 0 Å². The average molecular weight is 340 g/mol. The molecule has 5 heteroatoms. The molecule has 0 heterocycles. The predicted molar refractivity (Wildman–Crippen MR) is 98.2 cm³/mol. The van der Waals surface area contributed by atoms with E-state index >= 15 is 0 Å². The zero-order chi connectivity index (χ0) is 18.3. The molecule has 2 aromatic rings. The van der Waals surface area contributed by atoms with Crippen LogP contribution < -0.4 is 10.6 Å². The highest BCUT2D eigenvalue weighted by Gasteiger charge is 2.31. The van der Waals surface area contributed by atoms with Gasteiger partial charge in [0.15, 0.2) is 0 Å². The van der Waals surface area contributed by atoms with Crippen LogP contribution >= 0.6 is 0 Å². The Bertz CT molecular complexity index is 725. The average Bonchev–Trinajstić information content (AvgIpc) is 2.65. The van der Waals surface area contributed by atoms with E-state index in [-0.39, 0.29) is 6.54 Å². The molecule has 0 fully saturated rings. The quantitative estimate of drug-likeness (QED) is 0.795. The maximum absolute atomic E-state index is 12.2. The molecule has 5 nitrogen and oxygen atoms in total. The normalized spacial score (nSPS) is 12.9. The Morgan fingerprint density at radius 3 is 2.24 bits per heavy atom. The number of para-hydroxylation sites is 1. The molecule has 2 rings (SSSR count). The standard InChI is InChI=1S/C20H24N2O3/c1-4-20(25-3,16-11-6-5-7-12-16)14-21-18(23)19(24)22-17-13-9-8-10-15(17)2/h5-13H,4,14H2,1-3H3,(H,21,23)(H,22,24). The number of benzene rings is 2. The van der Waals surface area contributed by atoms with E-state index in [0.717, 1.165) is 11.1 Å². The van der Waals surface area contributed by atoms with Crippen molar-refractivity contribution in [1.29, 1.82) is 0 Å². The first-order valence-corrected chi connectivity index (χ1v) is 8.28. The first-order chi connectivity index (χ1) is 12.0. The lowest BCUT2D eigenvalue weighted by Gasteiger charge is -2.32. The fourth-order valence-corrected chi connectivity index (χ4v) is 2.70. The Labute approximate surface area is 148 Å². The van der Waals surface area contributed by atoms with Crippen molar-refractivity contribution in [3.63, 3.8) is 0 Å². The third-order valence-electron chi connectivity index (χ3n) is 4.40. The number of hydrogen-bond donors (Lipinski definition) is 2. The summed E-state index contributed by atoms with van der Waals surface area (Å²) >= 11 is 0. The highest BCUT2D eigenvalue weighted by molar-refractivity contribution is 6.39. The SMILES string of the molecule is CCC(CNC(=O)C(=O)Nc1ccccc1C)(OC)c1ccccc1. The third kappa shape index (κ3) is 4.45. The van der Waals surface area contributed by atoms with E-state index < -0.39 is 17.4 Å². The van der Waals surface area contributed by atoms with E-state index in [2.05, 4.69) is 10.6 Å². The van der Waals surface area contributed by atoms with E-state index in [1.807, 2.05) is 62.4 Å². The summed E-state index contributed by atoms with van der Waals surface area (Å²) in [5.74, 6) is -1.38. The number of ether oxygens (including phenoxy) is 1. The van der Waals surface area contributed by atoms with Gasteiger partial charge in [0.25, 0.3) is 0 Å². The van der Waals surface area contributed by atoms with Gasteiger partial charge in [0.05, 0.1) is 6.54 Å². The van der Waals surface area contributed by atoms with Gasteiger partial charge in [0.2, 0.25) is 0 Å². The van der Waals surface area contributed by atoms with E-state index in [0.29, 0.717) is 12.1 Å². The molecule has 1 atom stereocenters. The molecular weight excluding hydrogens is 316 g/mol. The number of anilines is 1. The molecule has 0 aliphatic rings. The molecule has 0 saturated heterocycles. The summed E-state index contributed by atoms with van der Waals surface area (Å²) in [6.07, 6.45) is 0.660. The summed E-state index contributed by atoms with van der Waals surface area (Å²) < 4.78 is 5.69. The van der Waals surface area contributed by atoms with Crippen molar-refractivity contribution >= 4 is 17.5 Å². The minimum atomic E-state index is -0.691. The fraction of sp³-hybridized carbons (Fsp3) is 0.300. The third-order valence-corrected chi connectivity index (χ3v) is 4.40. The van der Waals surface area contributed by atoms with Crippen LogP contribution in [-0.4, -0.2) is 25.5 Å². The zero-order valence-electron chi connectivity index (χ0n) is 14.8. The van der Waals surface area contributed by atoms with Gasteiger partial charge >= 0.3 is 11.8 Å². The van der Waals surface area contributed by atoms with Gasteiger partial charge in [0, 0.05) is 12.8 Å². The molecule has 0 saturated carbocycles. The van der Waals surface area contributed by atoms with Crippen molar-refractivity contribution in [3.05, 3.63) is 65.7 Å². The lowest BCUT2D eigenvalue weighted by atomic mass is 9.90. The van der Waals surface area contributed by atoms with Crippen molar-refractivity contribution in [2.45, 2.75) is 25.9 Å². The van der Waals surface area contributed by atoms with Gasteiger partial charge in [-0.1, -0.05) is 55.5 Å². The summed E-state index contributed by atoms with van der Waals surface area (Å²) in [4.78, 5) is 24.3. The molecule has 132 valence electrons. The van der Waals surface area contributed by atoms with Gasteiger partial charge in [-0.3, -0.25) is 9.59 Å². The minimum Gasteiger partial charge on any atom is -0.372 e. The summed E-state index contributed by atoms with van der Waals surface area (Å²) in [5, 5.41) is 5.32. The molecule has 2 amide bonds. The van der Waals surface area contributed by atoms with Crippen LogP contribution in [0, 0.1) is 6.92 Å². The second kappa shape index (κ2) is 8.44. The lowest BCUT2D eigenvalue weighted by Crippen LogP contribution is -2.45. The van der Waals surface area contributed by atoms with Crippen molar-refractivity contribution < 1.29 is 14.3 Å². The van der Waals surface area contributed by atoms with E-state index in [9.17, 15) is 9.59 Å². The molecule has 0 spiro atoms. The topological polar surface area (TPSA) is 67.4 Å². The molecule has 1 unspecified atom stereocenters. The first-order valence-electron chi connectivity index (χ1n) is 8.28. The lowest BCUT2D eigenvalue weighted by molar-refractivity contribution is -0.137. The molecule has 0 aliphatic heterocycles. The van der Waals surface area contributed by atoms with Gasteiger partial charge in [-0.2, -0.15) is 0 Å². The van der Waals surface area contributed by atoms with Crippen LogP contribution in [0.15, 0.2) is 54.6 Å². The van der Waals surface area contributed by atoms with Crippen LogP contribution in [0.2, 0.25) is 0 Å². The Balaban J connectivity index is 2.04. The monoisotopic (exact) mass is 340 g/mol. The second-order valence-electron chi connectivity index (χ2n) is 5.87. The largest absolute Gasteiger partial charge is 0.372 e. The van der Waals surface area contributed by atoms with E-state index in [1.54, 1.807) is 13.2 Å². The minimum absolute atomic E-state index is 0.212. The van der Waals surface area contributed by atoms with Crippen LogP contribution in [0.4, 0.5) is 5.69 Å². The van der Waals surface area contributed by atoms with E-state index in [4.69, 9.17) is 4.74 Å². The number of aryl methyl sites for hydroxylation is 1. The number of nitrogens with one attached hydrogen (secondary N) is 2. The molecule has 2 N–H and O–H groups in total. The number of carbonyl (C=O) groups is 2. The maximum Gasteiger partial charge on any atom is 0.313 e. The maximum atomic E-state index is 12.2. The summed E-state index contributed by atoms with van der Waals surface area (Å²) in [6.45, 7) is 4.07. The molecule has 2 aromatic carbocycles. The highest BCUT2D eigenvalue weighted by atomic mass is 16.5. The molecule has 25 heavy (non-hydrogen) atoms. The van der Waals surface area contributed by atoms with Crippen LogP contribution in [0.25, 0.3) is 0 Å². The Hall–Kier alpha value is -2.66. The summed E-state index contributed by atoms with van der Waals surface area (Å²) in [5.41, 5.74) is 1.81. The van der Waals surface area contributed by atoms with Crippen LogP contribution in [0.3, 0.4) is 0 Å². The Morgan fingerprint density at radius 2 is 1.64 bits per heavy atom. The van der Waals surface area contributed by atoms with Crippen molar-refractivity contribution in [2.75, 3.05) is 19.0 Å². The van der Waals surface area contributed by atoms with Crippen LogP contribution in [0.5, 0.6) is 0 Å². The fourth-order valence-electron chi connectivity index (χ4n) is 2.70. The Morgan fingerprint density at radius 1 is 1.00 bits per heavy atom. The van der Waals surface area contributed by atoms with Crippen molar-refractivity contribution in [1.82, 2.24) is 5.32 Å². The number of amides is 2. The van der Waals surface area contributed by atoms with Crippen molar-refractivity contribution in [2.24, 2.45) is 0 Å². The first kappa shape index (κ1) is 18.7. The van der Waals surface area contributed by atoms with Crippen LogP contribution in [-0.2, 0) is 19.9 Å². The molecule has 0 radical (unpaired) electrons. The predicted octanol–water partition coefficient (Wildman–Crippen LogP) is 3.00. The van der Waals surface area contributed by atoms with Gasteiger partial charge in [-0.05, 0) is 30.5 Å². The molecule has 0 aromatic heterocycles. The number of carbonyl (C=O) groups excluding carboxylic acids is 2. The van der Waals surface area contributed by atoms with E-state index in [1.165, 1.54) is 0 Å². The van der Waals surface area contributed by atoms with Gasteiger partial charge in [0.1, 0.15) is 5.60 Å². The highest BCUT2D eigenvalue weighted by Crippen LogP contribution is 2.28. The number of rotatable bonds is 6. The summed E-state index contributed by atoms with van der Waals surface area (Å²) in [7, 11) is 1.61. The number of hydrogen-bond acceptors (Lipinski definition) is 3. The molecule has 0 bridgehead atoms. The van der Waals surface area contributed by atoms with Crippen LogP contribution in [0.1, 0.15) is 24.5 Å². The Kier molecular flexibility index (Phi) is 6.31. The second-order valence-corrected chi connectivity index (χ2v) is 5.87. The van der Waals surface area contributed by atoms with Gasteiger partial charge in [-0.15, -0.1) is 0 Å².